The van der Waals surface area contributed by atoms with E-state index in [-0.39, 0.29) is 5.60 Å². The van der Waals surface area contributed by atoms with E-state index in [9.17, 15) is 5.11 Å². The third kappa shape index (κ3) is 2.34. The van der Waals surface area contributed by atoms with Gasteiger partial charge in [-0.2, -0.15) is 0 Å². The summed E-state index contributed by atoms with van der Waals surface area (Å²) in [5.74, 6) is 1.01. The lowest BCUT2D eigenvalue weighted by molar-refractivity contribution is -0.158. The highest BCUT2D eigenvalue weighted by atomic mass is 16.5. The van der Waals surface area contributed by atoms with E-state index in [1.807, 2.05) is 21.0 Å². The predicted molar refractivity (Wildman–Crippen MR) is 74.5 cm³/mol. The van der Waals surface area contributed by atoms with Crippen molar-refractivity contribution in [1.82, 2.24) is 0 Å². The number of ether oxygens (including phenoxy) is 1. The first-order valence-electron chi connectivity index (χ1n) is 7.49. The molecular formula is C16H30O2. The lowest BCUT2D eigenvalue weighted by Crippen LogP contribution is -2.54. The maximum absolute atomic E-state index is 10.3. The molecule has 2 aliphatic rings. The van der Waals surface area contributed by atoms with Gasteiger partial charge in [0.1, 0.15) is 0 Å². The van der Waals surface area contributed by atoms with Gasteiger partial charge in [-0.05, 0) is 70.1 Å². The zero-order chi connectivity index (χ0) is 13.6. The van der Waals surface area contributed by atoms with Gasteiger partial charge < -0.3 is 9.84 Å². The molecule has 0 saturated heterocycles. The van der Waals surface area contributed by atoms with Crippen LogP contribution in [0.3, 0.4) is 0 Å². The molecule has 2 saturated carbocycles. The Labute approximate surface area is 112 Å². The Morgan fingerprint density at radius 1 is 1.17 bits per heavy atom. The number of hydrogen-bond donors (Lipinski definition) is 1. The molecule has 0 radical (unpaired) electrons. The van der Waals surface area contributed by atoms with E-state index in [0.717, 1.165) is 12.8 Å². The van der Waals surface area contributed by atoms with Crippen LogP contribution in [0.15, 0.2) is 0 Å². The van der Waals surface area contributed by atoms with Gasteiger partial charge >= 0.3 is 0 Å². The Morgan fingerprint density at radius 3 is 2.39 bits per heavy atom. The monoisotopic (exact) mass is 254 g/mol. The molecule has 0 aliphatic heterocycles. The summed E-state index contributed by atoms with van der Waals surface area (Å²) in [5, 5.41) is 10.3. The Kier molecular flexibility index (Phi) is 3.57. The van der Waals surface area contributed by atoms with Crippen molar-refractivity contribution < 1.29 is 9.84 Å². The summed E-state index contributed by atoms with van der Waals surface area (Å²) in [6.07, 6.45) is 7.30. The number of rotatable bonds is 2. The molecule has 2 fully saturated rings. The third-order valence-corrected chi connectivity index (χ3v) is 6.05. The molecule has 2 aliphatic carbocycles. The summed E-state index contributed by atoms with van der Waals surface area (Å²) in [7, 11) is 1.86. The second kappa shape index (κ2) is 4.49. The first-order chi connectivity index (χ1) is 8.21. The average molecular weight is 254 g/mol. The van der Waals surface area contributed by atoms with Crippen molar-refractivity contribution >= 4 is 0 Å². The fourth-order valence-corrected chi connectivity index (χ4v) is 4.55. The summed E-state index contributed by atoms with van der Waals surface area (Å²) in [6.45, 7) is 8.65. The van der Waals surface area contributed by atoms with Crippen LogP contribution in [0, 0.1) is 17.3 Å². The zero-order valence-corrected chi connectivity index (χ0v) is 12.8. The molecule has 4 unspecified atom stereocenters. The second-order valence-corrected chi connectivity index (χ2v) is 7.70. The molecule has 2 rings (SSSR count). The summed E-state index contributed by atoms with van der Waals surface area (Å²) in [5.41, 5.74) is -0.116. The summed E-state index contributed by atoms with van der Waals surface area (Å²) in [4.78, 5) is 0. The van der Waals surface area contributed by atoms with E-state index in [0.29, 0.717) is 17.3 Å². The molecule has 2 heteroatoms. The number of fused-ring (bicyclic) bond motifs is 1. The standard InChI is InChI=1S/C16H30O2/c1-14(2,17)12-7-10-15(3)8-6-9-16(4,18-5)13(15)11-12/h12-13,17H,6-11H2,1-5H3. The molecule has 4 atom stereocenters. The maximum Gasteiger partial charge on any atom is 0.0684 e. The van der Waals surface area contributed by atoms with E-state index in [1.54, 1.807) is 0 Å². The van der Waals surface area contributed by atoms with Crippen molar-refractivity contribution in [2.75, 3.05) is 7.11 Å². The second-order valence-electron chi connectivity index (χ2n) is 7.70. The summed E-state index contributed by atoms with van der Waals surface area (Å²) >= 11 is 0. The third-order valence-electron chi connectivity index (χ3n) is 6.05. The van der Waals surface area contributed by atoms with Crippen LogP contribution in [-0.4, -0.2) is 23.4 Å². The van der Waals surface area contributed by atoms with Crippen LogP contribution in [0.5, 0.6) is 0 Å². The van der Waals surface area contributed by atoms with Gasteiger partial charge in [-0.1, -0.05) is 13.3 Å². The van der Waals surface area contributed by atoms with Crippen LogP contribution in [0.2, 0.25) is 0 Å². The summed E-state index contributed by atoms with van der Waals surface area (Å²) < 4.78 is 5.89. The van der Waals surface area contributed by atoms with Crippen molar-refractivity contribution in [3.05, 3.63) is 0 Å². The minimum Gasteiger partial charge on any atom is -0.390 e. The van der Waals surface area contributed by atoms with Gasteiger partial charge in [0, 0.05) is 7.11 Å². The lowest BCUT2D eigenvalue weighted by atomic mass is 9.52. The highest BCUT2D eigenvalue weighted by Gasteiger charge is 2.53. The minimum atomic E-state index is -0.548. The van der Waals surface area contributed by atoms with Gasteiger partial charge in [-0.25, -0.2) is 0 Å². The van der Waals surface area contributed by atoms with Crippen molar-refractivity contribution in [2.45, 2.75) is 77.4 Å². The quantitative estimate of drug-likeness (QED) is 0.813. The average Bonchev–Trinajstić information content (AvgIpc) is 2.27. The lowest BCUT2D eigenvalue weighted by Gasteiger charge is -2.56. The van der Waals surface area contributed by atoms with Gasteiger partial charge in [-0.15, -0.1) is 0 Å². The van der Waals surface area contributed by atoms with Crippen molar-refractivity contribution in [3.8, 4) is 0 Å². The minimum absolute atomic E-state index is 0.0108. The normalized spacial score (nSPS) is 45.7. The molecule has 0 aromatic carbocycles. The fourth-order valence-electron chi connectivity index (χ4n) is 4.55. The van der Waals surface area contributed by atoms with Gasteiger partial charge in [0.15, 0.2) is 0 Å². The van der Waals surface area contributed by atoms with Crippen LogP contribution < -0.4 is 0 Å². The molecule has 2 nitrogen and oxygen atoms in total. The van der Waals surface area contributed by atoms with Gasteiger partial charge in [0.2, 0.25) is 0 Å². The molecule has 0 amide bonds. The summed E-state index contributed by atoms with van der Waals surface area (Å²) in [6, 6.07) is 0. The molecule has 106 valence electrons. The van der Waals surface area contributed by atoms with Crippen LogP contribution in [-0.2, 0) is 4.74 Å². The molecular weight excluding hydrogens is 224 g/mol. The van der Waals surface area contributed by atoms with Crippen molar-refractivity contribution in [3.63, 3.8) is 0 Å². The van der Waals surface area contributed by atoms with Crippen molar-refractivity contribution in [1.29, 1.82) is 0 Å². The Bertz CT molecular complexity index is 297. The first kappa shape index (κ1) is 14.3. The van der Waals surface area contributed by atoms with Gasteiger partial charge in [0.05, 0.1) is 11.2 Å². The van der Waals surface area contributed by atoms with Crippen LogP contribution in [0.4, 0.5) is 0 Å². The van der Waals surface area contributed by atoms with E-state index in [1.165, 1.54) is 25.7 Å². The van der Waals surface area contributed by atoms with Gasteiger partial charge in [-0.3, -0.25) is 0 Å². The molecule has 1 N–H and O–H groups in total. The smallest absolute Gasteiger partial charge is 0.0684 e. The molecule has 0 bridgehead atoms. The Morgan fingerprint density at radius 2 is 1.83 bits per heavy atom. The van der Waals surface area contributed by atoms with Gasteiger partial charge in [0.25, 0.3) is 0 Å². The molecule has 0 spiro atoms. The Balaban J connectivity index is 2.23. The highest BCUT2D eigenvalue weighted by molar-refractivity contribution is 5.03. The Hall–Kier alpha value is -0.0800. The van der Waals surface area contributed by atoms with Crippen molar-refractivity contribution in [2.24, 2.45) is 17.3 Å². The van der Waals surface area contributed by atoms with E-state index >= 15 is 0 Å². The molecule has 0 aromatic heterocycles. The molecule has 0 heterocycles. The van der Waals surface area contributed by atoms with Crippen LogP contribution >= 0.6 is 0 Å². The van der Waals surface area contributed by atoms with E-state index in [2.05, 4.69) is 13.8 Å². The highest BCUT2D eigenvalue weighted by Crippen LogP contribution is 2.57. The zero-order valence-electron chi connectivity index (χ0n) is 12.8. The largest absolute Gasteiger partial charge is 0.390 e. The number of hydrogen-bond acceptors (Lipinski definition) is 2. The molecule has 18 heavy (non-hydrogen) atoms. The predicted octanol–water partition coefficient (Wildman–Crippen LogP) is 3.77. The number of aliphatic hydroxyl groups is 1. The topological polar surface area (TPSA) is 29.5 Å². The van der Waals surface area contributed by atoms with E-state index < -0.39 is 5.60 Å². The number of methoxy groups -OCH3 is 1. The fraction of sp³-hybridized carbons (Fsp3) is 1.00. The van der Waals surface area contributed by atoms with E-state index in [4.69, 9.17) is 4.74 Å². The maximum atomic E-state index is 10.3. The SMILES string of the molecule is COC1(C)CCCC2(C)CCC(C(C)(C)O)CC21. The molecule has 0 aromatic rings. The van der Waals surface area contributed by atoms with Crippen LogP contribution in [0.25, 0.3) is 0 Å². The first-order valence-corrected chi connectivity index (χ1v) is 7.49. The van der Waals surface area contributed by atoms with Crippen LogP contribution in [0.1, 0.15) is 66.2 Å².